The van der Waals surface area contributed by atoms with Crippen LogP contribution in [0.2, 0.25) is 0 Å². The summed E-state index contributed by atoms with van der Waals surface area (Å²) in [5, 5.41) is 31.5. The zero-order chi connectivity index (χ0) is 35.2. The fourth-order valence-electron chi connectivity index (χ4n) is 4.83. The van der Waals surface area contributed by atoms with Crippen molar-refractivity contribution in [2.24, 2.45) is 5.73 Å². The number of pyridine rings is 1. The first-order valence-corrected chi connectivity index (χ1v) is 17.9. The number of ether oxygens (including phenoxy) is 2. The van der Waals surface area contributed by atoms with Crippen molar-refractivity contribution in [1.29, 1.82) is 0 Å². The smallest absolute Gasteiger partial charge is 0.387 e. The summed E-state index contributed by atoms with van der Waals surface area (Å²) in [4.78, 5) is 62.2. The molecular weight excluding hydrogens is 916 g/mol. The van der Waals surface area contributed by atoms with Gasteiger partial charge in [-0.2, -0.15) is 8.88 Å². The number of imidazole rings is 1. The first-order valence-electron chi connectivity index (χ1n) is 13.3. The van der Waals surface area contributed by atoms with Crippen molar-refractivity contribution in [3.05, 3.63) is 42.7 Å². The Morgan fingerprint density at radius 1 is 0.959 bits per heavy atom. The number of hydrogen-bond acceptors (Lipinski definition) is 17. The summed E-state index contributed by atoms with van der Waals surface area (Å²) in [6.45, 7) is -2.03. The predicted octanol–water partition coefficient (Wildman–Crippen LogP) is -2.90. The molecule has 0 aliphatic carbocycles. The van der Waals surface area contributed by atoms with Gasteiger partial charge in [0.15, 0.2) is 36.2 Å². The zero-order valence-corrected chi connectivity index (χ0v) is 32.8. The van der Waals surface area contributed by atoms with Crippen LogP contribution < -0.4 is 16.0 Å². The van der Waals surface area contributed by atoms with Crippen molar-refractivity contribution in [1.82, 2.24) is 19.5 Å². The molecule has 24 nitrogen and oxygen atoms in total. The molecule has 0 spiro atoms. The van der Waals surface area contributed by atoms with E-state index in [4.69, 9.17) is 30.0 Å². The second kappa shape index (κ2) is 15.4. The monoisotopic (exact) mass is 946 g/mol. The van der Waals surface area contributed by atoms with E-state index in [1.54, 1.807) is 0 Å². The average molecular weight is 945 g/mol. The van der Waals surface area contributed by atoms with Gasteiger partial charge in [-0.25, -0.2) is 28.6 Å². The number of rotatable bonds is 13. The van der Waals surface area contributed by atoms with Crippen LogP contribution in [0.1, 0.15) is 22.8 Å². The second-order valence-electron chi connectivity index (χ2n) is 10.3. The zero-order valence-electron chi connectivity index (χ0n) is 24.6. The Labute approximate surface area is 294 Å². The molecule has 2 saturated heterocycles. The van der Waals surface area contributed by atoms with Crippen molar-refractivity contribution < 1.29 is 113 Å². The fourth-order valence-corrected chi connectivity index (χ4v) is 7.47. The van der Waals surface area contributed by atoms with E-state index >= 15 is 0 Å². The van der Waals surface area contributed by atoms with Gasteiger partial charge < -0.3 is 55.8 Å². The number of phosphoric ester groups is 3. The van der Waals surface area contributed by atoms with Crippen LogP contribution in [0.4, 0.5) is 5.82 Å². The topological polar surface area (TPSA) is 365 Å². The molecule has 11 N–H and O–H groups in total. The van der Waals surface area contributed by atoms with Crippen molar-refractivity contribution in [2.45, 2.75) is 49.1 Å². The molecule has 5 heterocycles. The molecule has 28 heteroatoms. The van der Waals surface area contributed by atoms with Gasteiger partial charge in [0.1, 0.15) is 47.9 Å². The summed E-state index contributed by atoms with van der Waals surface area (Å²) in [5.41, 5.74) is 11.1. The number of aromatic nitrogens is 5. The van der Waals surface area contributed by atoms with E-state index in [9.17, 15) is 53.4 Å². The van der Waals surface area contributed by atoms with Gasteiger partial charge in [-0.1, -0.05) is 0 Å². The Kier molecular flexibility index (Phi) is 12.5. The number of primary amides is 1. The van der Waals surface area contributed by atoms with Crippen LogP contribution >= 0.6 is 23.5 Å². The van der Waals surface area contributed by atoms with Crippen molar-refractivity contribution in [3.63, 3.8) is 0 Å². The second-order valence-corrected chi connectivity index (χ2v) is 14.5. The van der Waals surface area contributed by atoms with Crippen molar-refractivity contribution >= 4 is 46.4 Å². The quantitative estimate of drug-likeness (QED) is 0.0471. The van der Waals surface area contributed by atoms with Crippen molar-refractivity contribution in [3.8, 4) is 0 Å². The van der Waals surface area contributed by atoms with E-state index in [0.717, 1.165) is 17.2 Å². The van der Waals surface area contributed by atoms with Crippen LogP contribution in [0.25, 0.3) is 11.2 Å². The van der Waals surface area contributed by atoms with Gasteiger partial charge in [0.05, 0.1) is 19.5 Å². The van der Waals surface area contributed by atoms with Crippen LogP contribution in [0.5, 0.6) is 0 Å². The first kappa shape index (κ1) is 39.9. The SMILES string of the molecule is NC(=O)c1ccc[n+]([C@@H]2O[C@H](COP(=O)(O)OP(=O)(O)OC[C@H]3O[C@@H](n4cnc5c(N)ncnc54)[C@H](OP(=O)(O)O)[C@@H]3O)[C@@H](O)[C@H]2O)c1.[Hg+2]. The molecule has 2 aliphatic rings. The number of nitrogen functional groups attached to an aromatic ring is 1. The van der Waals surface area contributed by atoms with Gasteiger partial charge >= 0.3 is 51.1 Å². The third kappa shape index (κ3) is 9.31. The van der Waals surface area contributed by atoms with E-state index in [1.165, 1.54) is 29.1 Å². The standard InChI is InChI=1S/C21H28N7O17P3.Hg/c22-17-12-19(25-7-24-17)28(8-26-12)21-16(44-46(33,34)35)14(30)11(43-21)6-41-48(38,39)45-47(36,37)40-5-10-13(29)15(31)20(42-10)27-3-1-2-9(4-27)18(23)32;/h1-4,7-8,10-11,13-16,20-21,29-31H,5-6H2,(H7-,22,23,24,25,32,33,34,35,36,37,38,39);/q;+2/p+1/t10-,11-,13-,14-,15-,16-,20-,21-;/m1./s1. The molecular formula is C21H29HgN7O17P3+3. The van der Waals surface area contributed by atoms with Crippen molar-refractivity contribution in [2.75, 3.05) is 18.9 Å². The van der Waals surface area contributed by atoms with Gasteiger partial charge in [0.2, 0.25) is 0 Å². The Morgan fingerprint density at radius 3 is 2.20 bits per heavy atom. The van der Waals surface area contributed by atoms with Gasteiger partial charge in [-0.15, -0.1) is 0 Å². The molecule has 2 unspecified atom stereocenters. The van der Waals surface area contributed by atoms with E-state index in [1.807, 2.05) is 0 Å². The summed E-state index contributed by atoms with van der Waals surface area (Å²) in [6, 6.07) is 2.79. The molecule has 2 fully saturated rings. The molecule has 1 amide bonds. The van der Waals surface area contributed by atoms with Crippen LogP contribution in [-0.4, -0.2) is 110 Å². The number of nitrogens with zero attached hydrogens (tertiary/aromatic N) is 5. The number of hydrogen-bond donors (Lipinski definition) is 9. The number of phosphoric acid groups is 3. The summed E-state index contributed by atoms with van der Waals surface area (Å²) >= 11 is 0. The number of amides is 1. The molecule has 0 aromatic carbocycles. The number of aliphatic hydroxyl groups excluding tert-OH is 3. The van der Waals surface area contributed by atoms with Crippen LogP contribution in [-0.2, 0) is 68.7 Å². The van der Waals surface area contributed by atoms with E-state index in [0.29, 0.717) is 0 Å². The number of anilines is 1. The third-order valence-corrected chi connectivity index (χ3v) is 10.1. The molecule has 264 valence electrons. The maximum Gasteiger partial charge on any atom is 2.00 e. The minimum Gasteiger partial charge on any atom is -0.387 e. The molecule has 5 rings (SSSR count). The minimum absolute atomic E-state index is 0. The summed E-state index contributed by atoms with van der Waals surface area (Å²) in [5.74, 6) is -0.848. The largest absolute Gasteiger partial charge is 2.00 e. The number of carbonyl (C=O) groups is 1. The summed E-state index contributed by atoms with van der Waals surface area (Å²) < 4.78 is 68.4. The van der Waals surface area contributed by atoms with Gasteiger partial charge in [-0.05, 0) is 6.07 Å². The van der Waals surface area contributed by atoms with Gasteiger partial charge in [0, 0.05) is 6.07 Å². The minimum atomic E-state index is -5.52. The average Bonchev–Trinajstić information content (AvgIpc) is 3.64. The molecule has 2 aliphatic heterocycles. The maximum atomic E-state index is 12.6. The number of aliphatic hydroxyl groups is 3. The summed E-state index contributed by atoms with van der Waals surface area (Å²) in [7, 11) is -16.3. The normalized spacial score (nSPS) is 29.7. The molecule has 0 saturated carbocycles. The first-order chi connectivity index (χ1) is 22.4. The van der Waals surface area contributed by atoms with E-state index in [2.05, 4.69) is 23.8 Å². The predicted molar refractivity (Wildman–Crippen MR) is 150 cm³/mol. The van der Waals surface area contributed by atoms with Crippen LogP contribution in [0.15, 0.2) is 37.2 Å². The summed E-state index contributed by atoms with van der Waals surface area (Å²) in [6.07, 6.45) is -8.39. The molecule has 3 aromatic heterocycles. The molecule has 0 radical (unpaired) electrons. The molecule has 49 heavy (non-hydrogen) atoms. The fraction of sp³-hybridized carbons (Fsp3) is 0.476. The Balaban J connectivity index is 0.00000541. The van der Waals surface area contributed by atoms with Gasteiger partial charge in [0.25, 0.3) is 12.1 Å². The van der Waals surface area contributed by atoms with Crippen LogP contribution in [0, 0.1) is 0 Å². The van der Waals surface area contributed by atoms with Crippen LogP contribution in [0.3, 0.4) is 0 Å². The number of nitrogens with two attached hydrogens (primary N) is 2. The molecule has 0 bridgehead atoms. The third-order valence-electron chi connectivity index (χ3n) is 6.98. The molecule has 3 aromatic rings. The molecule has 10 atom stereocenters. The van der Waals surface area contributed by atoms with E-state index < -0.39 is 91.7 Å². The number of carbonyl (C=O) groups excluding carboxylic acids is 1. The Morgan fingerprint density at radius 2 is 1.59 bits per heavy atom. The van der Waals surface area contributed by atoms with E-state index in [-0.39, 0.29) is 50.2 Å². The Hall–Kier alpha value is -1.92. The maximum absolute atomic E-state index is 12.6. The van der Waals surface area contributed by atoms with Gasteiger partial charge in [-0.3, -0.25) is 22.9 Å². The number of fused-ring (bicyclic) bond motifs is 1. The Bertz CT molecular complexity index is 1820.